The molecule has 4 heteroatoms. The first-order chi connectivity index (χ1) is 6.53. The van der Waals surface area contributed by atoms with Crippen LogP contribution in [0.4, 0.5) is 0 Å². The molecular formula is C10H14ClNO2. The van der Waals surface area contributed by atoms with E-state index in [9.17, 15) is 5.11 Å². The second-order valence-corrected chi connectivity index (χ2v) is 3.88. The molecule has 1 atom stereocenters. The molecule has 1 rings (SSSR count). The quantitative estimate of drug-likeness (QED) is 0.799. The predicted octanol–water partition coefficient (Wildman–Crippen LogP) is 1.43. The van der Waals surface area contributed by atoms with Crippen LogP contribution in [0.5, 0.6) is 5.75 Å². The summed E-state index contributed by atoms with van der Waals surface area (Å²) < 4.78 is 5.33. The maximum atomic E-state index is 9.57. The van der Waals surface area contributed by atoms with E-state index in [1.807, 2.05) is 0 Å². The summed E-state index contributed by atoms with van der Waals surface area (Å²) in [5.41, 5.74) is 4.35. The van der Waals surface area contributed by atoms with Crippen molar-refractivity contribution in [2.24, 2.45) is 5.73 Å². The molecule has 14 heavy (non-hydrogen) atoms. The smallest absolute Gasteiger partial charge is 0.120 e. The average Bonchev–Trinajstić information content (AvgIpc) is 2.15. The predicted molar refractivity (Wildman–Crippen MR) is 56.6 cm³/mol. The van der Waals surface area contributed by atoms with Gasteiger partial charge in [0.05, 0.1) is 0 Å². The van der Waals surface area contributed by atoms with E-state index in [2.05, 4.69) is 0 Å². The van der Waals surface area contributed by atoms with Crippen LogP contribution >= 0.6 is 11.6 Å². The summed E-state index contributed by atoms with van der Waals surface area (Å²) >= 11 is 5.76. The summed E-state index contributed by atoms with van der Waals surface area (Å²) in [7, 11) is 0. The molecule has 0 radical (unpaired) electrons. The highest BCUT2D eigenvalue weighted by molar-refractivity contribution is 6.30. The molecule has 0 aliphatic rings. The van der Waals surface area contributed by atoms with Crippen molar-refractivity contribution in [2.75, 3.05) is 13.2 Å². The van der Waals surface area contributed by atoms with E-state index in [4.69, 9.17) is 22.1 Å². The second-order valence-electron chi connectivity index (χ2n) is 3.45. The Morgan fingerprint density at radius 1 is 1.57 bits per heavy atom. The Labute approximate surface area is 88.4 Å². The molecule has 0 heterocycles. The van der Waals surface area contributed by atoms with E-state index in [1.165, 1.54) is 0 Å². The number of rotatable bonds is 4. The Morgan fingerprint density at radius 2 is 2.29 bits per heavy atom. The van der Waals surface area contributed by atoms with Crippen LogP contribution in [0.25, 0.3) is 0 Å². The standard InChI is InChI=1S/C10H14ClNO2/c1-10(13,6-12)7-14-9-4-2-3-8(11)5-9/h2-5,13H,6-7,12H2,1H3. The van der Waals surface area contributed by atoms with E-state index in [1.54, 1.807) is 31.2 Å². The fourth-order valence-corrected chi connectivity index (χ4v) is 1.03. The molecule has 3 nitrogen and oxygen atoms in total. The lowest BCUT2D eigenvalue weighted by atomic mass is 10.1. The molecule has 78 valence electrons. The van der Waals surface area contributed by atoms with Gasteiger partial charge in [0, 0.05) is 11.6 Å². The SMILES string of the molecule is CC(O)(CN)COc1cccc(Cl)c1. The van der Waals surface area contributed by atoms with Gasteiger partial charge in [0.2, 0.25) is 0 Å². The molecule has 0 fully saturated rings. The van der Waals surface area contributed by atoms with Gasteiger partial charge in [-0.1, -0.05) is 17.7 Å². The van der Waals surface area contributed by atoms with E-state index >= 15 is 0 Å². The van der Waals surface area contributed by atoms with Crippen molar-refractivity contribution < 1.29 is 9.84 Å². The number of nitrogens with two attached hydrogens (primary N) is 1. The van der Waals surface area contributed by atoms with Crippen LogP contribution in [0.1, 0.15) is 6.92 Å². The summed E-state index contributed by atoms with van der Waals surface area (Å²) in [6.07, 6.45) is 0. The van der Waals surface area contributed by atoms with Gasteiger partial charge in [0.15, 0.2) is 0 Å². The van der Waals surface area contributed by atoms with Crippen LogP contribution in [-0.4, -0.2) is 23.9 Å². The van der Waals surface area contributed by atoms with Crippen LogP contribution in [0, 0.1) is 0 Å². The van der Waals surface area contributed by atoms with Crippen LogP contribution < -0.4 is 10.5 Å². The number of hydrogen-bond acceptors (Lipinski definition) is 3. The maximum Gasteiger partial charge on any atom is 0.120 e. The zero-order chi connectivity index (χ0) is 10.6. The minimum absolute atomic E-state index is 0.157. The van der Waals surface area contributed by atoms with Gasteiger partial charge in [-0.05, 0) is 25.1 Å². The third kappa shape index (κ3) is 3.54. The molecule has 0 saturated heterocycles. The van der Waals surface area contributed by atoms with Crippen LogP contribution in [0.15, 0.2) is 24.3 Å². The summed E-state index contributed by atoms with van der Waals surface area (Å²) in [6.45, 7) is 1.94. The zero-order valence-electron chi connectivity index (χ0n) is 8.03. The third-order valence-electron chi connectivity index (χ3n) is 1.79. The van der Waals surface area contributed by atoms with Crippen molar-refractivity contribution in [3.63, 3.8) is 0 Å². The molecule has 0 aromatic heterocycles. The van der Waals surface area contributed by atoms with Crippen molar-refractivity contribution in [1.82, 2.24) is 0 Å². The van der Waals surface area contributed by atoms with Crippen LogP contribution in [0.2, 0.25) is 5.02 Å². The van der Waals surface area contributed by atoms with E-state index < -0.39 is 5.60 Å². The van der Waals surface area contributed by atoms with Crippen molar-refractivity contribution in [3.8, 4) is 5.75 Å². The minimum atomic E-state index is -0.998. The van der Waals surface area contributed by atoms with Crippen molar-refractivity contribution in [1.29, 1.82) is 0 Å². The van der Waals surface area contributed by atoms with Gasteiger partial charge in [-0.25, -0.2) is 0 Å². The van der Waals surface area contributed by atoms with Gasteiger partial charge in [0.25, 0.3) is 0 Å². The molecule has 0 aliphatic heterocycles. The Balaban J connectivity index is 2.54. The molecule has 1 aromatic carbocycles. The highest BCUT2D eigenvalue weighted by Gasteiger charge is 2.18. The summed E-state index contributed by atoms with van der Waals surface area (Å²) in [5, 5.41) is 10.2. The molecule has 0 saturated carbocycles. The Morgan fingerprint density at radius 3 is 2.86 bits per heavy atom. The average molecular weight is 216 g/mol. The molecule has 1 aromatic rings. The van der Waals surface area contributed by atoms with E-state index in [-0.39, 0.29) is 13.2 Å². The largest absolute Gasteiger partial charge is 0.491 e. The molecule has 0 aliphatic carbocycles. The van der Waals surface area contributed by atoms with Gasteiger partial charge in [-0.15, -0.1) is 0 Å². The lowest BCUT2D eigenvalue weighted by Gasteiger charge is -2.21. The first kappa shape index (κ1) is 11.3. The molecule has 0 amide bonds. The Hall–Kier alpha value is -0.770. The summed E-state index contributed by atoms with van der Waals surface area (Å²) in [4.78, 5) is 0. The monoisotopic (exact) mass is 215 g/mol. The lowest BCUT2D eigenvalue weighted by molar-refractivity contribution is 0.0196. The number of aliphatic hydroxyl groups is 1. The number of ether oxygens (including phenoxy) is 1. The zero-order valence-corrected chi connectivity index (χ0v) is 8.79. The van der Waals surface area contributed by atoms with E-state index in [0.29, 0.717) is 10.8 Å². The van der Waals surface area contributed by atoms with Gasteiger partial charge in [-0.2, -0.15) is 0 Å². The number of halogens is 1. The first-order valence-corrected chi connectivity index (χ1v) is 4.72. The molecule has 0 bridgehead atoms. The first-order valence-electron chi connectivity index (χ1n) is 4.34. The highest BCUT2D eigenvalue weighted by atomic mass is 35.5. The van der Waals surface area contributed by atoms with Crippen LogP contribution in [0.3, 0.4) is 0 Å². The van der Waals surface area contributed by atoms with Crippen LogP contribution in [-0.2, 0) is 0 Å². The Bertz CT molecular complexity index is 302. The minimum Gasteiger partial charge on any atom is -0.491 e. The van der Waals surface area contributed by atoms with Gasteiger partial charge >= 0.3 is 0 Å². The summed E-state index contributed by atoms with van der Waals surface area (Å²) in [6, 6.07) is 7.01. The fourth-order valence-electron chi connectivity index (χ4n) is 0.855. The second kappa shape index (κ2) is 4.64. The molecule has 1 unspecified atom stereocenters. The van der Waals surface area contributed by atoms with Gasteiger partial charge in [-0.3, -0.25) is 0 Å². The molecule has 0 spiro atoms. The van der Waals surface area contributed by atoms with Crippen molar-refractivity contribution in [2.45, 2.75) is 12.5 Å². The van der Waals surface area contributed by atoms with Gasteiger partial charge < -0.3 is 15.6 Å². The maximum absolute atomic E-state index is 9.57. The molecular weight excluding hydrogens is 202 g/mol. The topological polar surface area (TPSA) is 55.5 Å². The van der Waals surface area contributed by atoms with Crippen molar-refractivity contribution >= 4 is 11.6 Å². The van der Waals surface area contributed by atoms with Crippen molar-refractivity contribution in [3.05, 3.63) is 29.3 Å². The fraction of sp³-hybridized carbons (Fsp3) is 0.400. The number of benzene rings is 1. The number of hydrogen-bond donors (Lipinski definition) is 2. The third-order valence-corrected chi connectivity index (χ3v) is 2.02. The van der Waals surface area contributed by atoms with Gasteiger partial charge in [0.1, 0.15) is 18.0 Å². The normalized spacial score (nSPS) is 14.9. The molecule has 3 N–H and O–H groups in total. The lowest BCUT2D eigenvalue weighted by Crippen LogP contribution is -2.40. The Kier molecular flexibility index (Phi) is 3.75. The van der Waals surface area contributed by atoms with E-state index in [0.717, 1.165) is 0 Å². The highest BCUT2D eigenvalue weighted by Crippen LogP contribution is 2.18. The summed E-state index contributed by atoms with van der Waals surface area (Å²) in [5.74, 6) is 0.631.